The van der Waals surface area contributed by atoms with Gasteiger partial charge < -0.3 is 4.90 Å². The number of carbonyl (C=O) groups excluding carboxylic acids is 3. The van der Waals surface area contributed by atoms with E-state index in [2.05, 4.69) is 10.5 Å². The first-order valence-corrected chi connectivity index (χ1v) is 11.5. The normalized spacial score (nSPS) is 21.2. The van der Waals surface area contributed by atoms with E-state index in [9.17, 15) is 14.4 Å². The number of hydrazine groups is 1. The molecule has 168 valence electrons. The molecule has 1 fully saturated rings. The molecule has 1 aromatic rings. The molecule has 3 rings (SSSR count). The predicted octanol–water partition coefficient (Wildman–Crippen LogP) is 2.40. The van der Waals surface area contributed by atoms with Crippen LogP contribution in [0.5, 0.6) is 0 Å². The second-order valence-corrected chi connectivity index (χ2v) is 8.78. The molecular formula is C21H29N5O4S. The van der Waals surface area contributed by atoms with Crippen LogP contribution in [0.4, 0.5) is 0 Å². The highest BCUT2D eigenvalue weighted by atomic mass is 32.2. The third-order valence-corrected chi connectivity index (χ3v) is 6.51. The second kappa shape index (κ2) is 11.1. The van der Waals surface area contributed by atoms with Crippen LogP contribution >= 0.6 is 11.9 Å². The van der Waals surface area contributed by atoms with Crippen LogP contribution in [0.1, 0.15) is 56.3 Å². The van der Waals surface area contributed by atoms with E-state index >= 15 is 0 Å². The number of carbonyl (C=O) groups is 3. The number of hydrazone groups is 1. The van der Waals surface area contributed by atoms with Gasteiger partial charge in [-0.1, -0.05) is 50.1 Å². The Balaban J connectivity index is 1.59. The molecule has 3 atom stereocenters. The fraction of sp³-hybridized carbons (Fsp3) is 0.524. The number of likely N-dealkylation sites (tertiary alicyclic amines) is 1. The second-order valence-electron chi connectivity index (χ2n) is 7.72. The van der Waals surface area contributed by atoms with Crippen LogP contribution in [-0.2, 0) is 14.4 Å². The third-order valence-electron chi connectivity index (χ3n) is 5.50. The fourth-order valence-electron chi connectivity index (χ4n) is 3.87. The smallest absolute Gasteiger partial charge is 0.263 e. The largest absolute Gasteiger partial charge is 0.330 e. The lowest BCUT2D eigenvalue weighted by Crippen LogP contribution is -2.50. The van der Waals surface area contributed by atoms with E-state index in [0.717, 1.165) is 24.8 Å². The molecule has 3 amide bonds. The van der Waals surface area contributed by atoms with Crippen LogP contribution in [-0.4, -0.2) is 51.2 Å². The average molecular weight is 448 g/mol. The van der Waals surface area contributed by atoms with E-state index in [4.69, 9.17) is 5.21 Å². The van der Waals surface area contributed by atoms with Gasteiger partial charge in [0.05, 0.1) is 5.25 Å². The molecule has 0 spiro atoms. The molecule has 0 bridgehead atoms. The first-order chi connectivity index (χ1) is 15.0. The van der Waals surface area contributed by atoms with Crippen LogP contribution in [0.15, 0.2) is 35.4 Å². The van der Waals surface area contributed by atoms with Gasteiger partial charge in [0.1, 0.15) is 6.04 Å². The lowest BCUT2D eigenvalue weighted by molar-refractivity contribution is -0.145. The summed E-state index contributed by atoms with van der Waals surface area (Å²) in [6.07, 6.45) is 5.19. The summed E-state index contributed by atoms with van der Waals surface area (Å²) < 4.78 is 1.44. The van der Waals surface area contributed by atoms with Crippen molar-refractivity contribution >= 4 is 35.9 Å². The van der Waals surface area contributed by atoms with E-state index in [-0.39, 0.29) is 23.5 Å². The summed E-state index contributed by atoms with van der Waals surface area (Å²) in [7, 11) is 0. The van der Waals surface area contributed by atoms with Crippen molar-refractivity contribution in [3.8, 4) is 0 Å². The first kappa shape index (κ1) is 23.1. The number of nitrogens with one attached hydrogen (secondary N) is 2. The van der Waals surface area contributed by atoms with Gasteiger partial charge in [0, 0.05) is 37.0 Å². The maximum atomic E-state index is 13.1. The van der Waals surface area contributed by atoms with E-state index in [0.29, 0.717) is 19.4 Å². The molecule has 2 aliphatic rings. The van der Waals surface area contributed by atoms with Crippen molar-refractivity contribution in [2.24, 2.45) is 11.0 Å². The molecular weight excluding hydrogens is 418 g/mol. The Kier molecular flexibility index (Phi) is 8.30. The monoisotopic (exact) mass is 447 g/mol. The molecule has 10 heteroatoms. The highest BCUT2D eigenvalue weighted by molar-refractivity contribution is 7.98. The molecule has 1 unspecified atom stereocenters. The summed E-state index contributed by atoms with van der Waals surface area (Å²) >= 11 is 1.38. The number of hydrogen-bond donors (Lipinski definition) is 3. The molecule has 0 saturated carbocycles. The zero-order valence-electron chi connectivity index (χ0n) is 17.6. The third kappa shape index (κ3) is 5.98. The van der Waals surface area contributed by atoms with Crippen molar-refractivity contribution in [1.29, 1.82) is 0 Å². The fourth-order valence-corrected chi connectivity index (χ4v) is 4.72. The molecule has 2 heterocycles. The van der Waals surface area contributed by atoms with Crippen molar-refractivity contribution < 1.29 is 19.6 Å². The van der Waals surface area contributed by atoms with Crippen LogP contribution in [0, 0.1) is 5.92 Å². The van der Waals surface area contributed by atoms with Crippen LogP contribution in [0.2, 0.25) is 0 Å². The van der Waals surface area contributed by atoms with Crippen LogP contribution in [0.25, 0.3) is 0 Å². The van der Waals surface area contributed by atoms with Gasteiger partial charge in [-0.15, -0.1) is 4.52 Å². The summed E-state index contributed by atoms with van der Waals surface area (Å²) in [5.74, 6) is -1.65. The number of nitrogens with zero attached hydrogens (tertiary/aromatic N) is 3. The van der Waals surface area contributed by atoms with Crippen molar-refractivity contribution in [3.05, 3.63) is 35.9 Å². The molecule has 2 aliphatic heterocycles. The van der Waals surface area contributed by atoms with Gasteiger partial charge in [0.15, 0.2) is 0 Å². The van der Waals surface area contributed by atoms with Crippen molar-refractivity contribution in [1.82, 2.24) is 20.3 Å². The Hall–Kier alpha value is -2.59. The Morgan fingerprint density at radius 1 is 1.29 bits per heavy atom. The Bertz CT molecular complexity index is 806. The molecule has 9 nitrogen and oxygen atoms in total. The minimum atomic E-state index is -0.597. The zero-order valence-corrected chi connectivity index (χ0v) is 18.4. The van der Waals surface area contributed by atoms with Gasteiger partial charge in [-0.05, 0) is 24.8 Å². The standard InChI is InChI=1S/C21H29N5O4S/c1-2-3-8-16(13-19(27)24-30)21(29)25-12-7-11-17(25)20(28)23-26-22-14-18(31-26)15-9-5-4-6-10-15/h4-6,9-10,14,16-18,30H,2-3,7-8,11-13H2,1H3,(H,23,28)(H,24,27)/t16-,17+,18?/m1/s1. The first-order valence-electron chi connectivity index (χ1n) is 10.6. The minimum Gasteiger partial charge on any atom is -0.330 e. The summed E-state index contributed by atoms with van der Waals surface area (Å²) in [4.78, 5) is 39.3. The molecule has 0 radical (unpaired) electrons. The summed E-state index contributed by atoms with van der Waals surface area (Å²) in [6.45, 7) is 2.49. The quantitative estimate of drug-likeness (QED) is 0.304. The molecule has 31 heavy (non-hydrogen) atoms. The Labute approximate surface area is 186 Å². The van der Waals surface area contributed by atoms with Crippen molar-refractivity contribution in [3.63, 3.8) is 0 Å². The Morgan fingerprint density at radius 3 is 2.77 bits per heavy atom. The molecule has 0 aliphatic carbocycles. The summed E-state index contributed by atoms with van der Waals surface area (Å²) in [6, 6.07) is 9.28. The molecule has 1 aromatic carbocycles. The highest BCUT2D eigenvalue weighted by Crippen LogP contribution is 2.34. The van der Waals surface area contributed by atoms with Crippen molar-refractivity contribution in [2.45, 2.75) is 56.7 Å². The average Bonchev–Trinajstić information content (AvgIpc) is 3.46. The Morgan fingerprint density at radius 2 is 2.06 bits per heavy atom. The lowest BCUT2D eigenvalue weighted by Gasteiger charge is -2.29. The van der Waals surface area contributed by atoms with Gasteiger partial charge in [0.2, 0.25) is 11.8 Å². The number of amides is 3. The number of hydrogen-bond acceptors (Lipinski definition) is 7. The summed E-state index contributed by atoms with van der Waals surface area (Å²) in [5, 5.41) is 13.1. The van der Waals surface area contributed by atoms with Gasteiger partial charge in [0.25, 0.3) is 5.91 Å². The minimum absolute atomic E-state index is 0.0123. The number of hydroxylamine groups is 1. The SMILES string of the molecule is CCCC[C@H](CC(=O)NO)C(=O)N1CCC[C@H]1C(=O)NN1N=CC(c2ccccc2)S1. The predicted molar refractivity (Wildman–Crippen MR) is 118 cm³/mol. The number of benzene rings is 1. The van der Waals surface area contributed by atoms with E-state index in [1.54, 1.807) is 16.6 Å². The topological polar surface area (TPSA) is 114 Å². The maximum Gasteiger partial charge on any atom is 0.263 e. The van der Waals surface area contributed by atoms with Gasteiger partial charge in [-0.25, -0.2) is 10.9 Å². The molecule has 3 N–H and O–H groups in total. The highest BCUT2D eigenvalue weighted by Gasteiger charge is 2.38. The number of unbranched alkanes of at least 4 members (excludes halogenated alkanes) is 1. The van der Waals surface area contributed by atoms with Gasteiger partial charge in [-0.3, -0.25) is 19.6 Å². The molecule has 0 aromatic heterocycles. The maximum absolute atomic E-state index is 13.1. The van der Waals surface area contributed by atoms with Crippen LogP contribution < -0.4 is 10.9 Å². The van der Waals surface area contributed by atoms with Crippen molar-refractivity contribution in [2.75, 3.05) is 6.54 Å². The summed E-state index contributed by atoms with van der Waals surface area (Å²) in [5.41, 5.74) is 5.48. The van der Waals surface area contributed by atoms with E-state index in [1.165, 1.54) is 16.5 Å². The van der Waals surface area contributed by atoms with E-state index in [1.807, 2.05) is 37.3 Å². The zero-order chi connectivity index (χ0) is 22.2. The van der Waals surface area contributed by atoms with Crippen LogP contribution in [0.3, 0.4) is 0 Å². The molecule has 1 saturated heterocycles. The van der Waals surface area contributed by atoms with Gasteiger partial charge >= 0.3 is 0 Å². The lowest BCUT2D eigenvalue weighted by atomic mass is 9.96. The van der Waals surface area contributed by atoms with E-state index < -0.39 is 17.9 Å². The van der Waals surface area contributed by atoms with Gasteiger partial charge in [-0.2, -0.15) is 5.10 Å². The number of rotatable bonds is 9.